The molecule has 0 aliphatic rings. The van der Waals surface area contributed by atoms with Crippen LogP contribution in [0.3, 0.4) is 0 Å². The Morgan fingerprint density at radius 1 is 1.31 bits per heavy atom. The Labute approximate surface area is 99.0 Å². The van der Waals surface area contributed by atoms with E-state index in [-0.39, 0.29) is 0 Å². The van der Waals surface area contributed by atoms with Gasteiger partial charge in [0.25, 0.3) is 0 Å². The Morgan fingerprint density at radius 2 is 2.06 bits per heavy atom. The van der Waals surface area contributed by atoms with E-state index in [1.54, 1.807) is 7.11 Å². The molecule has 0 aliphatic heterocycles. The minimum atomic E-state index is 0.372. The first kappa shape index (κ1) is 13.0. The van der Waals surface area contributed by atoms with E-state index in [1.165, 1.54) is 18.4 Å². The molecule has 0 heterocycles. The Kier molecular flexibility index (Phi) is 5.33. The molecule has 1 rings (SSSR count). The maximum Gasteiger partial charge on any atom is 0.119 e. The van der Waals surface area contributed by atoms with Crippen molar-refractivity contribution in [3.05, 3.63) is 29.8 Å². The van der Waals surface area contributed by atoms with Crippen LogP contribution in [0.4, 0.5) is 0 Å². The van der Waals surface area contributed by atoms with Crippen molar-refractivity contribution in [2.75, 3.05) is 7.11 Å². The lowest BCUT2D eigenvalue weighted by Crippen LogP contribution is -2.28. The van der Waals surface area contributed by atoms with E-state index >= 15 is 0 Å². The average molecular weight is 221 g/mol. The summed E-state index contributed by atoms with van der Waals surface area (Å²) < 4.78 is 5.23. The number of rotatable bonds is 6. The summed E-state index contributed by atoms with van der Waals surface area (Å²) in [6.07, 6.45) is 2.44. The maximum atomic E-state index is 5.23. The highest BCUT2D eigenvalue weighted by Crippen LogP contribution is 2.19. The monoisotopic (exact) mass is 221 g/mol. The lowest BCUT2D eigenvalue weighted by molar-refractivity contribution is 0.411. The molecule has 2 atom stereocenters. The maximum absolute atomic E-state index is 5.23. The number of hydrogen-bond acceptors (Lipinski definition) is 2. The molecule has 1 N–H and O–H groups in total. The summed E-state index contributed by atoms with van der Waals surface area (Å²) in [7, 11) is 1.71. The molecule has 0 fully saturated rings. The second kappa shape index (κ2) is 6.54. The molecule has 0 saturated heterocycles. The summed E-state index contributed by atoms with van der Waals surface area (Å²) in [5, 5.41) is 3.59. The van der Waals surface area contributed by atoms with Crippen molar-refractivity contribution in [1.82, 2.24) is 5.32 Å². The van der Waals surface area contributed by atoms with Crippen molar-refractivity contribution >= 4 is 0 Å². The summed E-state index contributed by atoms with van der Waals surface area (Å²) in [6, 6.07) is 9.18. The van der Waals surface area contributed by atoms with Crippen molar-refractivity contribution in [2.24, 2.45) is 0 Å². The molecule has 0 spiro atoms. The molecule has 0 aliphatic carbocycles. The van der Waals surface area contributed by atoms with Crippen LogP contribution >= 0.6 is 0 Å². The first-order valence-electron chi connectivity index (χ1n) is 6.07. The van der Waals surface area contributed by atoms with Crippen LogP contribution < -0.4 is 10.1 Å². The second-order valence-corrected chi connectivity index (χ2v) is 4.35. The predicted molar refractivity (Wildman–Crippen MR) is 68.9 cm³/mol. The molecule has 0 aromatic heterocycles. The molecule has 0 radical (unpaired) electrons. The molecule has 0 amide bonds. The van der Waals surface area contributed by atoms with Gasteiger partial charge in [0.15, 0.2) is 0 Å². The Balaban J connectivity index is 2.61. The molecule has 2 nitrogen and oxygen atoms in total. The molecule has 0 bridgehead atoms. The fourth-order valence-electron chi connectivity index (χ4n) is 1.95. The van der Waals surface area contributed by atoms with Gasteiger partial charge in [0.1, 0.15) is 5.75 Å². The van der Waals surface area contributed by atoms with Crippen molar-refractivity contribution in [2.45, 2.75) is 45.7 Å². The largest absolute Gasteiger partial charge is 0.497 e. The Hall–Kier alpha value is -1.02. The van der Waals surface area contributed by atoms with Gasteiger partial charge in [-0.15, -0.1) is 0 Å². The first-order valence-corrected chi connectivity index (χ1v) is 6.07. The normalized spacial score (nSPS) is 14.5. The highest BCUT2D eigenvalue weighted by atomic mass is 16.5. The van der Waals surface area contributed by atoms with Crippen LogP contribution in [0.1, 0.15) is 45.2 Å². The summed E-state index contributed by atoms with van der Waals surface area (Å²) >= 11 is 0. The van der Waals surface area contributed by atoms with Crippen molar-refractivity contribution in [3.63, 3.8) is 0 Å². The standard InChI is InChI=1S/C14H23NO/c1-5-7-11(2)15-12(3)13-8-6-9-14(10-13)16-4/h6,8-12,15H,5,7H2,1-4H3. The van der Waals surface area contributed by atoms with Gasteiger partial charge in [0.2, 0.25) is 0 Å². The molecule has 1 aromatic carbocycles. The lowest BCUT2D eigenvalue weighted by atomic mass is 10.1. The van der Waals surface area contributed by atoms with Crippen LogP contribution in [0.2, 0.25) is 0 Å². The smallest absolute Gasteiger partial charge is 0.119 e. The minimum Gasteiger partial charge on any atom is -0.497 e. The zero-order valence-electron chi connectivity index (χ0n) is 10.8. The predicted octanol–water partition coefficient (Wildman–Crippen LogP) is 3.53. The van der Waals surface area contributed by atoms with Crippen LogP contribution in [0, 0.1) is 0 Å². The minimum absolute atomic E-state index is 0.372. The number of methoxy groups -OCH3 is 1. The van der Waals surface area contributed by atoms with Crippen LogP contribution in [-0.2, 0) is 0 Å². The van der Waals surface area contributed by atoms with E-state index in [1.807, 2.05) is 12.1 Å². The third-order valence-corrected chi connectivity index (χ3v) is 2.85. The van der Waals surface area contributed by atoms with Crippen molar-refractivity contribution < 1.29 is 4.74 Å². The van der Waals surface area contributed by atoms with E-state index in [2.05, 4.69) is 38.2 Å². The zero-order chi connectivity index (χ0) is 12.0. The summed E-state index contributed by atoms with van der Waals surface area (Å²) in [4.78, 5) is 0. The average Bonchev–Trinajstić information content (AvgIpc) is 2.29. The highest BCUT2D eigenvalue weighted by Gasteiger charge is 2.09. The summed E-state index contributed by atoms with van der Waals surface area (Å²) in [5.41, 5.74) is 1.28. The Morgan fingerprint density at radius 3 is 2.69 bits per heavy atom. The molecule has 90 valence electrons. The molecular weight excluding hydrogens is 198 g/mol. The van der Waals surface area contributed by atoms with Gasteiger partial charge in [-0.1, -0.05) is 25.5 Å². The van der Waals surface area contributed by atoms with Gasteiger partial charge in [-0.05, 0) is 38.0 Å². The number of ether oxygens (including phenoxy) is 1. The van der Waals surface area contributed by atoms with Gasteiger partial charge in [0.05, 0.1) is 7.11 Å². The van der Waals surface area contributed by atoms with Gasteiger partial charge >= 0.3 is 0 Å². The zero-order valence-corrected chi connectivity index (χ0v) is 10.8. The van der Waals surface area contributed by atoms with E-state index in [0.29, 0.717) is 12.1 Å². The quantitative estimate of drug-likeness (QED) is 0.793. The van der Waals surface area contributed by atoms with E-state index in [0.717, 1.165) is 5.75 Å². The number of nitrogens with one attached hydrogen (secondary N) is 1. The first-order chi connectivity index (χ1) is 7.67. The molecule has 16 heavy (non-hydrogen) atoms. The van der Waals surface area contributed by atoms with Gasteiger partial charge < -0.3 is 10.1 Å². The number of benzene rings is 1. The summed E-state index contributed by atoms with van der Waals surface area (Å²) in [5.74, 6) is 0.925. The molecule has 0 saturated carbocycles. The fourth-order valence-corrected chi connectivity index (χ4v) is 1.95. The topological polar surface area (TPSA) is 21.3 Å². The molecular formula is C14H23NO. The third-order valence-electron chi connectivity index (χ3n) is 2.85. The molecule has 2 unspecified atom stereocenters. The van der Waals surface area contributed by atoms with Crippen LogP contribution in [0.5, 0.6) is 5.75 Å². The number of hydrogen-bond donors (Lipinski definition) is 1. The van der Waals surface area contributed by atoms with E-state index in [9.17, 15) is 0 Å². The van der Waals surface area contributed by atoms with Gasteiger partial charge in [-0.25, -0.2) is 0 Å². The molecule has 1 aromatic rings. The van der Waals surface area contributed by atoms with E-state index < -0.39 is 0 Å². The van der Waals surface area contributed by atoms with E-state index in [4.69, 9.17) is 4.74 Å². The van der Waals surface area contributed by atoms with Crippen molar-refractivity contribution in [1.29, 1.82) is 0 Å². The third kappa shape index (κ3) is 3.86. The SMILES string of the molecule is CCCC(C)NC(C)c1cccc(OC)c1. The highest BCUT2D eigenvalue weighted by molar-refractivity contribution is 5.30. The van der Waals surface area contributed by atoms with Crippen molar-refractivity contribution in [3.8, 4) is 5.75 Å². The van der Waals surface area contributed by atoms with Gasteiger partial charge in [-0.3, -0.25) is 0 Å². The second-order valence-electron chi connectivity index (χ2n) is 4.35. The van der Waals surface area contributed by atoms with Crippen LogP contribution in [0.25, 0.3) is 0 Å². The van der Waals surface area contributed by atoms with Crippen LogP contribution in [-0.4, -0.2) is 13.2 Å². The lowest BCUT2D eigenvalue weighted by Gasteiger charge is -2.20. The molecule has 2 heteroatoms. The summed E-state index contributed by atoms with van der Waals surface area (Å²) in [6.45, 7) is 6.65. The van der Waals surface area contributed by atoms with Crippen LogP contribution in [0.15, 0.2) is 24.3 Å². The van der Waals surface area contributed by atoms with Gasteiger partial charge in [0, 0.05) is 12.1 Å². The fraction of sp³-hybridized carbons (Fsp3) is 0.571. The Bertz CT molecular complexity index is 311. The van der Waals surface area contributed by atoms with Gasteiger partial charge in [-0.2, -0.15) is 0 Å².